The van der Waals surface area contributed by atoms with Crippen molar-refractivity contribution in [3.63, 3.8) is 0 Å². The number of hydrogen-bond acceptors (Lipinski definition) is 3. The van der Waals surface area contributed by atoms with Gasteiger partial charge in [-0.15, -0.1) is 0 Å². The Morgan fingerprint density at radius 3 is 2.76 bits per heavy atom. The summed E-state index contributed by atoms with van der Waals surface area (Å²) in [5, 5.41) is 5.62. The van der Waals surface area contributed by atoms with Gasteiger partial charge >= 0.3 is 6.03 Å². The van der Waals surface area contributed by atoms with Gasteiger partial charge in [0.2, 0.25) is 0 Å². The molecule has 1 atom stereocenters. The Kier molecular flexibility index (Phi) is 4.14. The minimum Gasteiger partial charge on any atom is -0.497 e. The molecule has 0 unspecified atom stereocenters. The van der Waals surface area contributed by atoms with Crippen LogP contribution >= 0.6 is 11.8 Å². The van der Waals surface area contributed by atoms with E-state index in [0.29, 0.717) is 0 Å². The number of thioether (sulfide) groups is 1. The molecule has 92 valence electrons. The molecule has 1 aliphatic heterocycles. The maximum Gasteiger partial charge on any atom is 0.315 e. The van der Waals surface area contributed by atoms with Crippen LogP contribution in [0.1, 0.15) is 5.56 Å². The Morgan fingerprint density at radius 1 is 1.41 bits per heavy atom. The van der Waals surface area contributed by atoms with Crippen LogP contribution in [0.15, 0.2) is 24.3 Å². The predicted octanol–water partition coefficient (Wildman–Crippen LogP) is 1.61. The molecule has 1 heterocycles. The van der Waals surface area contributed by atoms with Crippen molar-refractivity contribution in [3.8, 4) is 5.75 Å². The second-order valence-corrected chi connectivity index (χ2v) is 4.94. The Morgan fingerprint density at radius 2 is 2.18 bits per heavy atom. The van der Waals surface area contributed by atoms with E-state index in [4.69, 9.17) is 4.74 Å². The zero-order valence-electron chi connectivity index (χ0n) is 9.73. The van der Waals surface area contributed by atoms with Crippen molar-refractivity contribution in [3.05, 3.63) is 29.8 Å². The number of urea groups is 1. The lowest BCUT2D eigenvalue weighted by Crippen LogP contribution is -2.28. The predicted molar refractivity (Wildman–Crippen MR) is 69.5 cm³/mol. The van der Waals surface area contributed by atoms with Crippen LogP contribution in [0.3, 0.4) is 0 Å². The molecule has 4 nitrogen and oxygen atoms in total. The zero-order chi connectivity index (χ0) is 12.1. The van der Waals surface area contributed by atoms with Gasteiger partial charge < -0.3 is 15.4 Å². The third kappa shape index (κ3) is 3.56. The Hall–Kier alpha value is -1.36. The highest BCUT2D eigenvalue weighted by Crippen LogP contribution is 2.17. The largest absolute Gasteiger partial charge is 0.497 e. The van der Waals surface area contributed by atoms with Gasteiger partial charge in [0.1, 0.15) is 5.75 Å². The van der Waals surface area contributed by atoms with Crippen molar-refractivity contribution < 1.29 is 9.53 Å². The second kappa shape index (κ2) is 5.82. The normalized spacial score (nSPS) is 18.6. The molecule has 17 heavy (non-hydrogen) atoms. The Balaban J connectivity index is 1.72. The molecule has 0 radical (unpaired) electrons. The Labute approximate surface area is 105 Å². The van der Waals surface area contributed by atoms with Gasteiger partial charge in [0.25, 0.3) is 0 Å². The van der Waals surface area contributed by atoms with Gasteiger partial charge in [-0.25, -0.2) is 4.79 Å². The third-order valence-electron chi connectivity index (χ3n) is 2.59. The van der Waals surface area contributed by atoms with Crippen LogP contribution in [0.2, 0.25) is 0 Å². The zero-order valence-corrected chi connectivity index (χ0v) is 10.5. The number of carbonyl (C=O) groups excluding carboxylic acids is 1. The van der Waals surface area contributed by atoms with E-state index < -0.39 is 0 Å². The van der Waals surface area contributed by atoms with E-state index >= 15 is 0 Å². The molecule has 0 bridgehead atoms. The lowest BCUT2D eigenvalue weighted by atomic mass is 10.2. The molecule has 0 aliphatic carbocycles. The smallest absolute Gasteiger partial charge is 0.315 e. The summed E-state index contributed by atoms with van der Waals surface area (Å²) in [5.41, 5.74) is 1.27. The molecular formula is C12H16N2O2S. The summed E-state index contributed by atoms with van der Waals surface area (Å²) in [6, 6.07) is 8.27. The van der Waals surface area contributed by atoms with Gasteiger partial charge in [-0.3, -0.25) is 0 Å². The molecule has 1 aliphatic rings. The van der Waals surface area contributed by atoms with Crippen molar-refractivity contribution in [2.24, 2.45) is 0 Å². The van der Waals surface area contributed by atoms with Crippen LogP contribution < -0.4 is 15.4 Å². The fourth-order valence-corrected chi connectivity index (χ4v) is 2.68. The first-order valence-corrected chi connectivity index (χ1v) is 6.68. The molecule has 2 rings (SSSR count). The summed E-state index contributed by atoms with van der Waals surface area (Å²) < 4.78 is 5.10. The molecule has 2 amide bonds. The van der Waals surface area contributed by atoms with Crippen LogP contribution in [0.25, 0.3) is 0 Å². The van der Waals surface area contributed by atoms with Gasteiger partial charge in [-0.1, -0.05) is 12.1 Å². The number of rotatable bonds is 5. The lowest BCUT2D eigenvalue weighted by Gasteiger charge is -2.08. The van der Waals surface area contributed by atoms with Crippen molar-refractivity contribution in [2.75, 3.05) is 19.4 Å². The minimum atomic E-state index is -0.0555. The van der Waals surface area contributed by atoms with Crippen molar-refractivity contribution in [2.45, 2.75) is 11.8 Å². The van der Waals surface area contributed by atoms with Gasteiger partial charge in [-0.05, 0) is 17.7 Å². The number of nitrogens with one attached hydrogen (secondary N) is 2. The van der Waals surface area contributed by atoms with Gasteiger partial charge in [-0.2, -0.15) is 11.8 Å². The monoisotopic (exact) mass is 252 g/mol. The summed E-state index contributed by atoms with van der Waals surface area (Å²) in [4.78, 5) is 10.9. The molecule has 2 N–H and O–H groups in total. The molecule has 0 aromatic heterocycles. The molecule has 0 spiro atoms. The first-order valence-electron chi connectivity index (χ1n) is 5.53. The van der Waals surface area contributed by atoms with E-state index in [-0.39, 0.29) is 12.1 Å². The fraction of sp³-hybridized carbons (Fsp3) is 0.417. The molecule has 0 saturated carbocycles. The Bertz CT molecular complexity index is 381. The molecule has 1 aromatic rings. The van der Waals surface area contributed by atoms with Crippen molar-refractivity contribution >= 4 is 17.8 Å². The summed E-state index contributed by atoms with van der Waals surface area (Å²) in [5.74, 6) is 2.77. The highest BCUT2D eigenvalue weighted by atomic mass is 32.2. The third-order valence-corrected chi connectivity index (χ3v) is 3.77. The highest BCUT2D eigenvalue weighted by molar-refractivity contribution is 7.98. The maximum absolute atomic E-state index is 10.9. The maximum atomic E-state index is 10.9. The van der Waals surface area contributed by atoms with Crippen LogP contribution in [-0.2, 0) is 5.75 Å². The summed E-state index contributed by atoms with van der Waals surface area (Å²) in [7, 11) is 1.67. The van der Waals surface area contributed by atoms with Gasteiger partial charge in [0, 0.05) is 18.1 Å². The van der Waals surface area contributed by atoms with E-state index in [2.05, 4.69) is 22.8 Å². The van der Waals surface area contributed by atoms with Crippen LogP contribution in [-0.4, -0.2) is 31.5 Å². The first-order chi connectivity index (χ1) is 8.28. The van der Waals surface area contributed by atoms with Crippen molar-refractivity contribution in [1.82, 2.24) is 10.6 Å². The topological polar surface area (TPSA) is 50.4 Å². The molecule has 5 heteroatoms. The standard InChI is InChI=1S/C12H16N2O2S/c1-16-11-4-2-9(3-5-11)7-17-8-10-6-13-12(15)14-10/h2-5,10H,6-8H2,1H3,(H2,13,14,15)/t10-/m0/s1. The number of amides is 2. The van der Waals surface area contributed by atoms with Crippen LogP contribution in [0.5, 0.6) is 5.75 Å². The number of hydrogen-bond donors (Lipinski definition) is 2. The fourth-order valence-electron chi connectivity index (χ4n) is 1.64. The van der Waals surface area contributed by atoms with Gasteiger partial charge in [0.05, 0.1) is 13.2 Å². The van der Waals surface area contributed by atoms with Crippen LogP contribution in [0, 0.1) is 0 Å². The summed E-state index contributed by atoms with van der Waals surface area (Å²) in [6.07, 6.45) is 0. The van der Waals surface area contributed by atoms with Crippen LogP contribution in [0.4, 0.5) is 4.79 Å². The molecule has 1 saturated heterocycles. The first kappa shape index (κ1) is 12.1. The number of ether oxygens (including phenoxy) is 1. The minimum absolute atomic E-state index is 0.0555. The van der Waals surface area contributed by atoms with E-state index in [1.165, 1.54) is 5.56 Å². The summed E-state index contributed by atoms with van der Waals surface area (Å²) >= 11 is 1.82. The number of benzene rings is 1. The van der Waals surface area contributed by atoms with Gasteiger partial charge in [0.15, 0.2) is 0 Å². The SMILES string of the molecule is COc1ccc(CSC[C@@H]2CNC(=O)N2)cc1. The van der Waals surface area contributed by atoms with E-state index in [1.807, 2.05) is 23.9 Å². The van der Waals surface area contributed by atoms with Crippen molar-refractivity contribution in [1.29, 1.82) is 0 Å². The second-order valence-electron chi connectivity index (χ2n) is 3.91. The number of carbonyl (C=O) groups is 1. The number of methoxy groups -OCH3 is 1. The molecule has 1 aromatic carbocycles. The van der Waals surface area contributed by atoms with E-state index in [0.717, 1.165) is 23.8 Å². The molecular weight excluding hydrogens is 236 g/mol. The lowest BCUT2D eigenvalue weighted by molar-refractivity contribution is 0.247. The average molecular weight is 252 g/mol. The molecule has 1 fully saturated rings. The highest BCUT2D eigenvalue weighted by Gasteiger charge is 2.19. The van der Waals surface area contributed by atoms with E-state index in [9.17, 15) is 4.79 Å². The quantitative estimate of drug-likeness (QED) is 0.837. The average Bonchev–Trinajstić information content (AvgIpc) is 2.76. The van der Waals surface area contributed by atoms with E-state index in [1.54, 1.807) is 7.11 Å². The summed E-state index contributed by atoms with van der Waals surface area (Å²) in [6.45, 7) is 0.731.